The molecule has 2 amide bonds. The highest BCUT2D eigenvalue weighted by Gasteiger charge is 2.40. The zero-order valence-corrected chi connectivity index (χ0v) is 13.9. The molecule has 2 aliphatic rings. The molecule has 3 N–H and O–H groups in total. The monoisotopic (exact) mass is 334 g/mol. The molecule has 1 fully saturated rings. The molecule has 0 unspecified atom stereocenters. The van der Waals surface area contributed by atoms with Crippen LogP contribution in [0.3, 0.4) is 0 Å². The Balaban J connectivity index is 1.56. The molecule has 1 aromatic carbocycles. The number of carbonyl (C=O) groups excluding carboxylic acids is 1. The van der Waals surface area contributed by atoms with Crippen molar-refractivity contribution in [1.82, 2.24) is 10.6 Å². The van der Waals surface area contributed by atoms with E-state index in [9.17, 15) is 4.79 Å². The Kier molecular flexibility index (Phi) is 4.93. The number of urea groups is 1. The number of aliphatic hydroxyl groups is 1. The lowest BCUT2D eigenvalue weighted by molar-refractivity contribution is 0.211. The predicted molar refractivity (Wildman–Crippen MR) is 91.6 cm³/mol. The van der Waals surface area contributed by atoms with Crippen molar-refractivity contribution >= 4 is 17.6 Å². The first-order valence-electron chi connectivity index (χ1n) is 8.21. The van der Waals surface area contributed by atoms with E-state index in [2.05, 4.69) is 16.7 Å². The summed E-state index contributed by atoms with van der Waals surface area (Å²) in [5.74, 6) is 0.154. The number of carbonyl (C=O) groups is 1. The standard InChI is InChI=1S/C18H23ClN2O2/c19-16-5-2-1-4-15(16)18(8-3-9-18)12-20-17(23)21-14-7-6-13(10-14)11-22/h1-2,4-7,13-14,22H,3,8-12H2,(H2,20,21,23)/t13-,14+/m0/s1. The molecule has 1 saturated carbocycles. The SMILES string of the molecule is O=C(NCC1(c2ccccc2Cl)CCC1)N[C@@H]1C=C[C@H](CO)C1. The highest BCUT2D eigenvalue weighted by molar-refractivity contribution is 6.31. The van der Waals surface area contributed by atoms with Crippen LogP contribution in [-0.2, 0) is 5.41 Å². The maximum Gasteiger partial charge on any atom is 0.315 e. The Morgan fingerprint density at radius 1 is 1.30 bits per heavy atom. The lowest BCUT2D eigenvalue weighted by atomic mass is 9.64. The first-order valence-corrected chi connectivity index (χ1v) is 8.59. The van der Waals surface area contributed by atoms with E-state index in [1.807, 2.05) is 30.4 Å². The molecule has 4 nitrogen and oxygen atoms in total. The van der Waals surface area contributed by atoms with Crippen molar-refractivity contribution in [2.75, 3.05) is 13.2 Å². The molecule has 124 valence electrons. The third kappa shape index (κ3) is 3.54. The van der Waals surface area contributed by atoms with E-state index in [4.69, 9.17) is 16.7 Å². The van der Waals surface area contributed by atoms with Gasteiger partial charge in [-0.3, -0.25) is 0 Å². The topological polar surface area (TPSA) is 61.4 Å². The third-order valence-electron chi connectivity index (χ3n) is 5.07. The maximum atomic E-state index is 12.1. The fraction of sp³-hybridized carbons (Fsp3) is 0.500. The fourth-order valence-corrected chi connectivity index (χ4v) is 3.86. The number of benzene rings is 1. The third-order valence-corrected chi connectivity index (χ3v) is 5.40. The molecule has 0 spiro atoms. The molecular formula is C18H23ClN2O2. The van der Waals surface area contributed by atoms with Gasteiger partial charge in [-0.1, -0.05) is 48.4 Å². The summed E-state index contributed by atoms with van der Waals surface area (Å²) in [5, 5.41) is 15.9. The van der Waals surface area contributed by atoms with Gasteiger partial charge in [0.2, 0.25) is 0 Å². The normalized spacial score (nSPS) is 25.0. The first-order chi connectivity index (χ1) is 11.1. The summed E-state index contributed by atoms with van der Waals surface area (Å²) in [6, 6.07) is 7.76. The van der Waals surface area contributed by atoms with Crippen molar-refractivity contribution in [2.24, 2.45) is 5.92 Å². The molecule has 1 aromatic rings. The van der Waals surface area contributed by atoms with E-state index in [0.29, 0.717) is 6.54 Å². The smallest absolute Gasteiger partial charge is 0.315 e. The lowest BCUT2D eigenvalue weighted by Crippen LogP contribution is -2.49. The molecule has 0 saturated heterocycles. The van der Waals surface area contributed by atoms with Gasteiger partial charge in [0, 0.05) is 35.5 Å². The molecule has 2 atom stereocenters. The Labute approximate surface area is 141 Å². The van der Waals surface area contributed by atoms with Crippen molar-refractivity contribution in [1.29, 1.82) is 0 Å². The Morgan fingerprint density at radius 3 is 2.70 bits per heavy atom. The maximum absolute atomic E-state index is 12.1. The van der Waals surface area contributed by atoms with Gasteiger partial charge >= 0.3 is 6.03 Å². The van der Waals surface area contributed by atoms with Gasteiger partial charge in [-0.2, -0.15) is 0 Å². The number of amides is 2. The van der Waals surface area contributed by atoms with E-state index < -0.39 is 0 Å². The van der Waals surface area contributed by atoms with Gasteiger partial charge in [0.1, 0.15) is 0 Å². The average molecular weight is 335 g/mol. The van der Waals surface area contributed by atoms with E-state index in [1.54, 1.807) is 0 Å². The van der Waals surface area contributed by atoms with Crippen molar-refractivity contribution < 1.29 is 9.90 Å². The largest absolute Gasteiger partial charge is 0.396 e. The molecule has 2 aliphatic carbocycles. The first kappa shape index (κ1) is 16.3. The van der Waals surface area contributed by atoms with Crippen LogP contribution in [0, 0.1) is 5.92 Å². The van der Waals surface area contributed by atoms with Gasteiger partial charge in [0.05, 0.1) is 0 Å². The molecule has 3 rings (SSSR count). The highest BCUT2D eigenvalue weighted by atomic mass is 35.5. The summed E-state index contributed by atoms with van der Waals surface area (Å²) in [7, 11) is 0. The number of halogens is 1. The number of nitrogens with one attached hydrogen (secondary N) is 2. The van der Waals surface area contributed by atoms with Crippen molar-refractivity contribution in [3.05, 3.63) is 47.0 Å². The van der Waals surface area contributed by atoms with Crippen LogP contribution >= 0.6 is 11.6 Å². The zero-order valence-electron chi connectivity index (χ0n) is 13.1. The Hall–Kier alpha value is -1.52. The minimum absolute atomic E-state index is 0.00445. The number of rotatable bonds is 5. The number of hydrogen-bond donors (Lipinski definition) is 3. The molecule has 23 heavy (non-hydrogen) atoms. The average Bonchev–Trinajstić information content (AvgIpc) is 2.95. The van der Waals surface area contributed by atoms with Gasteiger partial charge in [-0.05, 0) is 30.9 Å². The summed E-state index contributed by atoms with van der Waals surface area (Å²) in [6.07, 6.45) is 7.94. The van der Waals surface area contributed by atoms with Crippen molar-refractivity contribution in [3.8, 4) is 0 Å². The van der Waals surface area contributed by atoms with Gasteiger partial charge in [-0.25, -0.2) is 4.79 Å². The second-order valence-corrected chi connectivity index (χ2v) is 7.02. The summed E-state index contributed by atoms with van der Waals surface area (Å²) >= 11 is 6.34. The minimum Gasteiger partial charge on any atom is -0.396 e. The molecule has 0 aromatic heterocycles. The number of hydrogen-bond acceptors (Lipinski definition) is 2. The van der Waals surface area contributed by atoms with E-state index in [0.717, 1.165) is 36.3 Å². The van der Waals surface area contributed by atoms with E-state index in [1.165, 1.54) is 0 Å². The van der Waals surface area contributed by atoms with Crippen LogP contribution in [0.5, 0.6) is 0 Å². The second-order valence-electron chi connectivity index (χ2n) is 6.61. The van der Waals surface area contributed by atoms with Crippen LogP contribution in [0.25, 0.3) is 0 Å². The predicted octanol–water partition coefficient (Wildman–Crippen LogP) is 3.00. The summed E-state index contributed by atoms with van der Waals surface area (Å²) in [4.78, 5) is 12.1. The molecular weight excluding hydrogens is 312 g/mol. The molecule has 0 radical (unpaired) electrons. The van der Waals surface area contributed by atoms with Crippen LogP contribution < -0.4 is 10.6 Å². The quantitative estimate of drug-likeness (QED) is 0.725. The molecule has 5 heteroatoms. The second kappa shape index (κ2) is 6.93. The lowest BCUT2D eigenvalue weighted by Gasteiger charge is -2.43. The van der Waals surface area contributed by atoms with Gasteiger partial charge in [0.15, 0.2) is 0 Å². The Bertz CT molecular complexity index is 598. The summed E-state index contributed by atoms with van der Waals surface area (Å²) in [6.45, 7) is 0.731. The van der Waals surface area contributed by atoms with Gasteiger partial charge in [0.25, 0.3) is 0 Å². The zero-order chi connectivity index (χ0) is 16.3. The minimum atomic E-state index is -0.156. The Morgan fingerprint density at radius 2 is 2.09 bits per heavy atom. The van der Waals surface area contributed by atoms with Gasteiger partial charge < -0.3 is 15.7 Å². The van der Waals surface area contributed by atoms with Crippen LogP contribution in [0.15, 0.2) is 36.4 Å². The van der Waals surface area contributed by atoms with Crippen molar-refractivity contribution in [3.63, 3.8) is 0 Å². The molecule has 0 bridgehead atoms. The van der Waals surface area contributed by atoms with Crippen LogP contribution in [0.1, 0.15) is 31.2 Å². The van der Waals surface area contributed by atoms with Crippen LogP contribution in [0.2, 0.25) is 5.02 Å². The van der Waals surface area contributed by atoms with E-state index >= 15 is 0 Å². The number of aliphatic hydroxyl groups excluding tert-OH is 1. The fourth-order valence-electron chi connectivity index (χ4n) is 3.52. The van der Waals surface area contributed by atoms with Gasteiger partial charge in [-0.15, -0.1) is 0 Å². The highest BCUT2D eigenvalue weighted by Crippen LogP contribution is 2.45. The van der Waals surface area contributed by atoms with Crippen LogP contribution in [-0.4, -0.2) is 30.3 Å². The molecule has 0 heterocycles. The van der Waals surface area contributed by atoms with E-state index in [-0.39, 0.29) is 30.0 Å². The summed E-state index contributed by atoms with van der Waals surface area (Å²) < 4.78 is 0. The molecule has 0 aliphatic heterocycles. The van der Waals surface area contributed by atoms with Crippen LogP contribution in [0.4, 0.5) is 4.79 Å². The van der Waals surface area contributed by atoms with Crippen molar-refractivity contribution in [2.45, 2.75) is 37.1 Å². The summed E-state index contributed by atoms with van der Waals surface area (Å²) in [5.41, 5.74) is 1.10.